The SMILES string of the molecule is CC(=O)Oc1cncc(COc2ccc(F)cc2)c1C. The summed E-state index contributed by atoms with van der Waals surface area (Å²) in [7, 11) is 0. The highest BCUT2D eigenvalue weighted by atomic mass is 19.1. The highest BCUT2D eigenvalue weighted by molar-refractivity contribution is 5.69. The first-order valence-electron chi connectivity index (χ1n) is 6.06. The molecule has 1 aromatic carbocycles. The van der Waals surface area contributed by atoms with Crippen molar-refractivity contribution in [1.29, 1.82) is 0 Å². The van der Waals surface area contributed by atoms with Crippen LogP contribution in [0.25, 0.3) is 0 Å². The fraction of sp³-hybridized carbons (Fsp3) is 0.200. The van der Waals surface area contributed by atoms with Gasteiger partial charge in [0.2, 0.25) is 0 Å². The number of carbonyl (C=O) groups is 1. The number of halogens is 1. The molecule has 4 nitrogen and oxygen atoms in total. The van der Waals surface area contributed by atoms with Crippen molar-refractivity contribution >= 4 is 5.97 Å². The first-order chi connectivity index (χ1) is 9.56. The number of esters is 1. The van der Waals surface area contributed by atoms with E-state index < -0.39 is 5.97 Å². The molecular formula is C15H14FNO3. The smallest absolute Gasteiger partial charge is 0.308 e. The quantitative estimate of drug-likeness (QED) is 0.805. The average molecular weight is 275 g/mol. The second kappa shape index (κ2) is 6.14. The maximum Gasteiger partial charge on any atom is 0.308 e. The Labute approximate surface area is 116 Å². The van der Waals surface area contributed by atoms with Crippen LogP contribution in [0.1, 0.15) is 18.1 Å². The molecule has 0 saturated heterocycles. The molecule has 20 heavy (non-hydrogen) atoms. The summed E-state index contributed by atoms with van der Waals surface area (Å²) in [5, 5.41) is 0. The van der Waals surface area contributed by atoms with Crippen molar-refractivity contribution in [1.82, 2.24) is 4.98 Å². The highest BCUT2D eigenvalue weighted by Crippen LogP contribution is 2.21. The predicted octanol–water partition coefficient (Wildman–Crippen LogP) is 3.03. The van der Waals surface area contributed by atoms with Crippen molar-refractivity contribution in [3.63, 3.8) is 0 Å². The first kappa shape index (κ1) is 14.0. The minimum atomic E-state index is -0.397. The van der Waals surface area contributed by atoms with Crippen LogP contribution in [-0.2, 0) is 11.4 Å². The van der Waals surface area contributed by atoms with Gasteiger partial charge in [0.1, 0.15) is 18.2 Å². The summed E-state index contributed by atoms with van der Waals surface area (Å²) in [5.41, 5.74) is 1.59. The Kier molecular flexibility index (Phi) is 4.30. The van der Waals surface area contributed by atoms with Crippen molar-refractivity contribution in [2.75, 3.05) is 0 Å². The molecule has 0 N–H and O–H groups in total. The summed E-state index contributed by atoms with van der Waals surface area (Å²) >= 11 is 0. The zero-order valence-electron chi connectivity index (χ0n) is 11.2. The predicted molar refractivity (Wildman–Crippen MR) is 71.0 cm³/mol. The third-order valence-corrected chi connectivity index (χ3v) is 2.74. The maximum atomic E-state index is 12.8. The van der Waals surface area contributed by atoms with Crippen molar-refractivity contribution in [3.8, 4) is 11.5 Å². The van der Waals surface area contributed by atoms with Crippen molar-refractivity contribution in [2.45, 2.75) is 20.5 Å². The molecule has 0 aliphatic carbocycles. The summed E-state index contributed by atoms with van der Waals surface area (Å²) in [6.45, 7) is 3.42. The van der Waals surface area contributed by atoms with Gasteiger partial charge in [-0.3, -0.25) is 9.78 Å². The fourth-order valence-electron chi connectivity index (χ4n) is 1.64. The number of pyridine rings is 1. The lowest BCUT2D eigenvalue weighted by molar-refractivity contribution is -0.131. The van der Waals surface area contributed by atoms with Crippen molar-refractivity contribution in [2.24, 2.45) is 0 Å². The van der Waals surface area contributed by atoms with Gasteiger partial charge in [-0.2, -0.15) is 0 Å². The number of hydrogen-bond acceptors (Lipinski definition) is 4. The van der Waals surface area contributed by atoms with Gasteiger partial charge in [0, 0.05) is 24.2 Å². The van der Waals surface area contributed by atoms with Crippen molar-refractivity contribution in [3.05, 3.63) is 53.6 Å². The number of aromatic nitrogens is 1. The molecule has 0 spiro atoms. The van der Waals surface area contributed by atoms with Crippen LogP contribution >= 0.6 is 0 Å². The number of hydrogen-bond donors (Lipinski definition) is 0. The van der Waals surface area contributed by atoms with E-state index in [0.29, 0.717) is 11.5 Å². The zero-order valence-corrected chi connectivity index (χ0v) is 11.2. The van der Waals surface area contributed by atoms with E-state index in [1.807, 2.05) is 6.92 Å². The summed E-state index contributed by atoms with van der Waals surface area (Å²) in [6.07, 6.45) is 3.13. The average Bonchev–Trinajstić information content (AvgIpc) is 2.41. The molecule has 0 aliphatic heterocycles. The van der Waals surface area contributed by atoms with Gasteiger partial charge in [0.25, 0.3) is 0 Å². The molecule has 0 amide bonds. The number of nitrogens with zero attached hydrogens (tertiary/aromatic N) is 1. The largest absolute Gasteiger partial charge is 0.489 e. The Morgan fingerprint density at radius 2 is 1.95 bits per heavy atom. The van der Waals surface area contributed by atoms with E-state index in [1.165, 1.54) is 25.3 Å². The zero-order chi connectivity index (χ0) is 14.5. The van der Waals surface area contributed by atoms with Crippen LogP contribution in [0.2, 0.25) is 0 Å². The number of benzene rings is 1. The van der Waals surface area contributed by atoms with Gasteiger partial charge in [-0.05, 0) is 31.2 Å². The topological polar surface area (TPSA) is 48.4 Å². The van der Waals surface area contributed by atoms with E-state index in [0.717, 1.165) is 11.1 Å². The van der Waals surface area contributed by atoms with E-state index in [9.17, 15) is 9.18 Å². The molecule has 0 unspecified atom stereocenters. The molecule has 0 fully saturated rings. The summed E-state index contributed by atoms with van der Waals surface area (Å²) in [4.78, 5) is 15.0. The molecule has 0 saturated carbocycles. The van der Waals surface area contributed by atoms with Crippen LogP contribution in [0, 0.1) is 12.7 Å². The third kappa shape index (κ3) is 3.54. The third-order valence-electron chi connectivity index (χ3n) is 2.74. The lowest BCUT2D eigenvalue weighted by atomic mass is 10.1. The minimum Gasteiger partial charge on any atom is -0.489 e. The lowest BCUT2D eigenvalue weighted by Crippen LogP contribution is -2.06. The molecule has 1 aromatic heterocycles. The van der Waals surface area contributed by atoms with Gasteiger partial charge in [0.05, 0.1) is 6.20 Å². The molecule has 0 atom stereocenters. The van der Waals surface area contributed by atoms with Gasteiger partial charge in [-0.25, -0.2) is 4.39 Å². The molecule has 5 heteroatoms. The van der Waals surface area contributed by atoms with Crippen LogP contribution in [0.15, 0.2) is 36.7 Å². The van der Waals surface area contributed by atoms with Crippen molar-refractivity contribution < 1.29 is 18.7 Å². The van der Waals surface area contributed by atoms with Crippen LogP contribution in [-0.4, -0.2) is 11.0 Å². The summed E-state index contributed by atoms with van der Waals surface area (Å²) in [5.74, 6) is 0.264. The fourth-order valence-corrected chi connectivity index (χ4v) is 1.64. The number of carbonyl (C=O) groups excluding carboxylic acids is 1. The molecule has 0 bridgehead atoms. The Bertz CT molecular complexity index is 611. The van der Waals surface area contributed by atoms with Gasteiger partial charge < -0.3 is 9.47 Å². The Hall–Kier alpha value is -2.43. The second-order valence-corrected chi connectivity index (χ2v) is 4.26. The van der Waals surface area contributed by atoms with E-state index in [4.69, 9.17) is 9.47 Å². The molecule has 2 rings (SSSR count). The molecule has 104 valence electrons. The first-order valence-corrected chi connectivity index (χ1v) is 6.06. The van der Waals surface area contributed by atoms with Crippen LogP contribution in [0.5, 0.6) is 11.5 Å². The lowest BCUT2D eigenvalue weighted by Gasteiger charge is -2.11. The number of rotatable bonds is 4. The summed E-state index contributed by atoms with van der Waals surface area (Å²) < 4.78 is 23.4. The monoisotopic (exact) mass is 275 g/mol. The highest BCUT2D eigenvalue weighted by Gasteiger charge is 2.08. The minimum absolute atomic E-state index is 0.263. The molecule has 2 aromatic rings. The van der Waals surface area contributed by atoms with Gasteiger partial charge >= 0.3 is 5.97 Å². The van der Waals surface area contributed by atoms with E-state index >= 15 is 0 Å². The Balaban J connectivity index is 2.09. The Morgan fingerprint density at radius 1 is 1.25 bits per heavy atom. The summed E-state index contributed by atoms with van der Waals surface area (Å²) in [6, 6.07) is 5.76. The molecule has 0 radical (unpaired) electrons. The van der Waals surface area contributed by atoms with Gasteiger partial charge in [-0.1, -0.05) is 0 Å². The normalized spacial score (nSPS) is 10.2. The second-order valence-electron chi connectivity index (χ2n) is 4.26. The van der Waals surface area contributed by atoms with E-state index in [-0.39, 0.29) is 12.4 Å². The van der Waals surface area contributed by atoms with Gasteiger partial charge in [0.15, 0.2) is 5.75 Å². The molecule has 1 heterocycles. The van der Waals surface area contributed by atoms with Crippen LogP contribution in [0.3, 0.4) is 0 Å². The maximum absolute atomic E-state index is 12.8. The van der Waals surface area contributed by atoms with Crippen LogP contribution < -0.4 is 9.47 Å². The van der Waals surface area contributed by atoms with Crippen LogP contribution in [0.4, 0.5) is 4.39 Å². The molecule has 0 aliphatic rings. The molecular weight excluding hydrogens is 261 g/mol. The van der Waals surface area contributed by atoms with E-state index in [1.54, 1.807) is 18.3 Å². The Morgan fingerprint density at radius 3 is 2.60 bits per heavy atom. The van der Waals surface area contributed by atoms with Gasteiger partial charge in [-0.15, -0.1) is 0 Å². The standard InChI is InChI=1S/C15H14FNO3/c1-10-12(7-17-8-15(10)20-11(2)18)9-19-14-5-3-13(16)4-6-14/h3-8H,9H2,1-2H3. The number of ether oxygens (including phenoxy) is 2. The van der Waals surface area contributed by atoms with E-state index in [2.05, 4.69) is 4.98 Å².